The maximum Gasteiger partial charge on any atom is 0.471 e. The average Bonchev–Trinajstić information content (AvgIpc) is 2.41. The number of alkyl halides is 3. The number of aliphatic hydroxyl groups excluding tert-OH is 1. The van der Waals surface area contributed by atoms with Crippen molar-refractivity contribution < 1.29 is 32.6 Å². The maximum atomic E-state index is 12.2. The minimum atomic E-state index is -5.19. The SMILES string of the molecule is COC(=O)[C@H](NC(=O)C(F)(F)F)[C@@H](O)c1cccc(Cl)c1. The number of halogens is 4. The summed E-state index contributed by atoms with van der Waals surface area (Å²) in [5.41, 5.74) is 0.0559. The minimum absolute atomic E-state index is 0.0559. The van der Waals surface area contributed by atoms with Crippen LogP contribution >= 0.6 is 11.6 Å². The van der Waals surface area contributed by atoms with Crippen molar-refractivity contribution in [3.05, 3.63) is 34.9 Å². The zero-order chi connectivity index (χ0) is 16.2. The Morgan fingerprint density at radius 1 is 1.38 bits per heavy atom. The fraction of sp³-hybridized carbons (Fsp3) is 0.333. The van der Waals surface area contributed by atoms with Crippen molar-refractivity contribution in [2.24, 2.45) is 0 Å². The van der Waals surface area contributed by atoms with Gasteiger partial charge in [0.1, 0.15) is 6.10 Å². The second-order valence-electron chi connectivity index (χ2n) is 3.97. The van der Waals surface area contributed by atoms with Crippen LogP contribution in [0.25, 0.3) is 0 Å². The molecule has 9 heteroatoms. The number of ether oxygens (including phenoxy) is 1. The first kappa shape index (κ1) is 17.3. The highest BCUT2D eigenvalue weighted by Crippen LogP contribution is 2.23. The smallest absolute Gasteiger partial charge is 0.467 e. The Hall–Kier alpha value is -1.80. The second-order valence-corrected chi connectivity index (χ2v) is 4.41. The number of carbonyl (C=O) groups excluding carboxylic acids is 2. The van der Waals surface area contributed by atoms with Gasteiger partial charge in [0, 0.05) is 5.02 Å². The summed E-state index contributed by atoms with van der Waals surface area (Å²) in [6.45, 7) is 0. The Kier molecular flexibility index (Phi) is 5.56. The molecule has 0 unspecified atom stereocenters. The van der Waals surface area contributed by atoms with Crippen molar-refractivity contribution in [2.75, 3.05) is 7.11 Å². The molecule has 0 aromatic heterocycles. The Morgan fingerprint density at radius 2 is 2.00 bits per heavy atom. The van der Waals surface area contributed by atoms with Gasteiger partial charge in [0.15, 0.2) is 6.04 Å². The van der Waals surface area contributed by atoms with Gasteiger partial charge in [-0.25, -0.2) is 4.79 Å². The van der Waals surface area contributed by atoms with Crippen molar-refractivity contribution >= 4 is 23.5 Å². The van der Waals surface area contributed by atoms with Crippen molar-refractivity contribution in [1.29, 1.82) is 0 Å². The molecule has 0 aliphatic heterocycles. The lowest BCUT2D eigenvalue weighted by Gasteiger charge is -2.22. The molecule has 0 fully saturated rings. The lowest BCUT2D eigenvalue weighted by Crippen LogP contribution is -2.50. The summed E-state index contributed by atoms with van der Waals surface area (Å²) in [6, 6.07) is 3.58. The molecule has 2 N–H and O–H groups in total. The third kappa shape index (κ3) is 4.61. The van der Waals surface area contributed by atoms with Crippen LogP contribution in [0, 0.1) is 0 Å². The van der Waals surface area contributed by atoms with Crippen LogP contribution in [0.4, 0.5) is 13.2 Å². The lowest BCUT2D eigenvalue weighted by atomic mass is 10.0. The molecule has 0 saturated carbocycles. The van der Waals surface area contributed by atoms with Crippen molar-refractivity contribution in [3.8, 4) is 0 Å². The van der Waals surface area contributed by atoms with Crippen LogP contribution in [0.15, 0.2) is 24.3 Å². The molecular formula is C12H11ClF3NO4. The number of hydrogen-bond donors (Lipinski definition) is 2. The topological polar surface area (TPSA) is 75.6 Å². The first-order valence-corrected chi connectivity index (χ1v) is 5.93. The fourth-order valence-corrected chi connectivity index (χ4v) is 1.70. The number of hydrogen-bond acceptors (Lipinski definition) is 4. The molecule has 0 aliphatic carbocycles. The van der Waals surface area contributed by atoms with E-state index in [0.29, 0.717) is 0 Å². The van der Waals surface area contributed by atoms with Crippen LogP contribution in [0.5, 0.6) is 0 Å². The molecule has 0 spiro atoms. The average molecular weight is 326 g/mol. The molecule has 2 atom stereocenters. The molecule has 1 rings (SSSR count). The predicted octanol–water partition coefficient (Wildman–Crippen LogP) is 1.59. The molecule has 0 saturated heterocycles. The summed E-state index contributed by atoms with van der Waals surface area (Å²) in [6.07, 6.45) is -6.94. The van der Waals surface area contributed by atoms with Gasteiger partial charge in [-0.3, -0.25) is 4.79 Å². The van der Waals surface area contributed by atoms with Crippen molar-refractivity contribution in [1.82, 2.24) is 5.32 Å². The zero-order valence-electron chi connectivity index (χ0n) is 10.6. The Labute approximate surface area is 122 Å². The summed E-state index contributed by atoms with van der Waals surface area (Å²) in [5, 5.41) is 11.6. The van der Waals surface area contributed by atoms with Crippen molar-refractivity contribution in [2.45, 2.75) is 18.3 Å². The van der Waals surface area contributed by atoms with Crippen LogP contribution in [0.1, 0.15) is 11.7 Å². The fourth-order valence-electron chi connectivity index (χ4n) is 1.50. The number of esters is 1. The molecule has 0 bridgehead atoms. The third-order valence-electron chi connectivity index (χ3n) is 2.51. The second kappa shape index (κ2) is 6.77. The Morgan fingerprint density at radius 3 is 2.48 bits per heavy atom. The number of methoxy groups -OCH3 is 1. The number of nitrogens with one attached hydrogen (secondary N) is 1. The summed E-state index contributed by atoms with van der Waals surface area (Å²) < 4.78 is 41.0. The van der Waals surface area contributed by atoms with Crippen LogP contribution in [-0.2, 0) is 14.3 Å². The number of carbonyl (C=O) groups is 2. The van der Waals surface area contributed by atoms with Gasteiger partial charge in [0.05, 0.1) is 7.11 Å². The Bertz CT molecular complexity index is 535. The standard InChI is InChI=1S/C12H11ClF3NO4/c1-21-10(19)8(17-11(20)12(14,15)16)9(18)6-3-2-4-7(13)5-6/h2-5,8-9,18H,1H3,(H,17,20)/t8-,9+/m1/s1. The molecule has 21 heavy (non-hydrogen) atoms. The van der Waals surface area contributed by atoms with E-state index in [1.165, 1.54) is 29.6 Å². The normalized spacial score (nSPS) is 14.2. The van der Waals surface area contributed by atoms with E-state index in [1.807, 2.05) is 0 Å². The monoisotopic (exact) mass is 325 g/mol. The van der Waals surface area contributed by atoms with Gasteiger partial charge in [-0.05, 0) is 17.7 Å². The lowest BCUT2D eigenvalue weighted by molar-refractivity contribution is -0.177. The van der Waals surface area contributed by atoms with E-state index in [-0.39, 0.29) is 10.6 Å². The van der Waals surface area contributed by atoms with Gasteiger partial charge < -0.3 is 15.2 Å². The summed E-state index contributed by atoms with van der Waals surface area (Å²) in [5.74, 6) is -3.58. The predicted molar refractivity (Wildman–Crippen MR) is 66.4 cm³/mol. The van der Waals surface area contributed by atoms with Crippen LogP contribution in [0.3, 0.4) is 0 Å². The van der Waals surface area contributed by atoms with E-state index in [2.05, 4.69) is 4.74 Å². The van der Waals surface area contributed by atoms with E-state index in [4.69, 9.17) is 11.6 Å². The Balaban J connectivity index is 3.03. The summed E-state index contributed by atoms with van der Waals surface area (Å²) in [7, 11) is 0.916. The van der Waals surface area contributed by atoms with Crippen molar-refractivity contribution in [3.63, 3.8) is 0 Å². The molecule has 1 aromatic rings. The molecule has 116 valence electrons. The first-order chi connectivity index (χ1) is 9.66. The largest absolute Gasteiger partial charge is 0.471 e. The first-order valence-electron chi connectivity index (χ1n) is 5.56. The number of aliphatic hydroxyl groups is 1. The number of amides is 1. The summed E-state index contributed by atoms with van der Waals surface area (Å²) in [4.78, 5) is 22.4. The molecule has 0 aliphatic rings. The number of benzene rings is 1. The molecule has 1 amide bonds. The molecule has 5 nitrogen and oxygen atoms in total. The van der Waals surface area contributed by atoms with E-state index in [9.17, 15) is 27.9 Å². The molecule has 0 radical (unpaired) electrons. The zero-order valence-corrected chi connectivity index (χ0v) is 11.4. The molecular weight excluding hydrogens is 315 g/mol. The highest BCUT2D eigenvalue weighted by Gasteiger charge is 2.43. The van der Waals surface area contributed by atoms with E-state index in [0.717, 1.165) is 7.11 Å². The van der Waals surface area contributed by atoms with Crippen LogP contribution < -0.4 is 5.32 Å². The highest BCUT2D eigenvalue weighted by molar-refractivity contribution is 6.30. The van der Waals surface area contributed by atoms with Gasteiger partial charge in [-0.2, -0.15) is 13.2 Å². The van der Waals surface area contributed by atoms with E-state index >= 15 is 0 Å². The van der Waals surface area contributed by atoms with E-state index in [1.54, 1.807) is 0 Å². The minimum Gasteiger partial charge on any atom is -0.467 e. The van der Waals surface area contributed by atoms with E-state index < -0.39 is 30.2 Å². The van der Waals surface area contributed by atoms with Crippen LogP contribution in [-0.4, -0.2) is 36.3 Å². The van der Waals surface area contributed by atoms with Gasteiger partial charge in [-0.15, -0.1) is 0 Å². The summed E-state index contributed by atoms with van der Waals surface area (Å²) >= 11 is 5.69. The highest BCUT2D eigenvalue weighted by atomic mass is 35.5. The molecule has 0 heterocycles. The van der Waals surface area contributed by atoms with Crippen LogP contribution in [0.2, 0.25) is 5.02 Å². The van der Waals surface area contributed by atoms with Gasteiger partial charge >= 0.3 is 18.1 Å². The maximum absolute atomic E-state index is 12.2. The number of rotatable bonds is 4. The molecule has 1 aromatic carbocycles. The van der Waals surface area contributed by atoms with Gasteiger partial charge in [-0.1, -0.05) is 23.7 Å². The van der Waals surface area contributed by atoms with Gasteiger partial charge in [0.2, 0.25) is 0 Å². The third-order valence-corrected chi connectivity index (χ3v) is 2.74. The quantitative estimate of drug-likeness (QED) is 0.824. The van der Waals surface area contributed by atoms with Gasteiger partial charge in [0.25, 0.3) is 0 Å².